The Morgan fingerprint density at radius 1 is 0.821 bits per heavy atom. The Labute approximate surface area is 320 Å². The van der Waals surface area contributed by atoms with E-state index in [0.717, 1.165) is 21.6 Å². The Bertz CT molecular complexity index is 2050. The number of carbonyl (C=O) groups is 5. The zero-order valence-electron chi connectivity index (χ0n) is 31.5. The van der Waals surface area contributed by atoms with Gasteiger partial charge in [-0.15, -0.1) is 0 Å². The molecule has 6 rings (SSSR count). The minimum Gasteiger partial charge on any atom is -0.475 e. The number of rotatable bonds is 3. The van der Waals surface area contributed by atoms with E-state index in [1.807, 2.05) is 48.5 Å². The van der Waals surface area contributed by atoms with Gasteiger partial charge in [-0.3, -0.25) is 9.59 Å². The monoisotopic (exact) mass is 780 g/mol. The molecule has 4 bridgehead atoms. The zero-order chi connectivity index (χ0) is 41.4. The number of amides is 4. The average Bonchev–Trinajstić information content (AvgIpc) is 3.08. The molecule has 1 aromatic heterocycles. The van der Waals surface area contributed by atoms with Crippen molar-refractivity contribution in [2.24, 2.45) is 0 Å². The summed E-state index contributed by atoms with van der Waals surface area (Å²) in [7, 11) is 0. The number of carboxylic acid groups (broad SMARTS) is 1. The van der Waals surface area contributed by atoms with Crippen LogP contribution in [0.5, 0.6) is 0 Å². The van der Waals surface area contributed by atoms with E-state index in [1.165, 1.54) is 6.20 Å². The fraction of sp³-hybridized carbons (Fsp3) is 0.333. The number of carboxylic acids is 1. The minimum absolute atomic E-state index is 0.0534. The van der Waals surface area contributed by atoms with Crippen LogP contribution in [-0.2, 0) is 36.9 Å². The number of hydrogen-bond donors (Lipinski definition) is 5. The number of alkyl halides is 3. The third kappa shape index (κ3) is 12.4. The summed E-state index contributed by atoms with van der Waals surface area (Å²) in [5.74, 6) is -3.12. The molecule has 4 amide bonds. The van der Waals surface area contributed by atoms with Gasteiger partial charge in [0.2, 0.25) is 11.8 Å². The Hall–Kier alpha value is -6.23. The summed E-state index contributed by atoms with van der Waals surface area (Å²) in [5, 5.41) is 20.7. The lowest BCUT2D eigenvalue weighted by Gasteiger charge is -2.28. The number of aromatic nitrogens is 1. The quantitative estimate of drug-likeness (QED) is 0.143. The lowest BCUT2D eigenvalue weighted by Crippen LogP contribution is -2.44. The maximum atomic E-state index is 13.8. The number of benzene rings is 3. The lowest BCUT2D eigenvalue weighted by atomic mass is 10.0. The summed E-state index contributed by atoms with van der Waals surface area (Å²) in [6, 6.07) is 21.2. The van der Waals surface area contributed by atoms with Gasteiger partial charge < -0.3 is 35.8 Å². The Balaban J connectivity index is 0.000000908. The zero-order valence-corrected chi connectivity index (χ0v) is 31.5. The summed E-state index contributed by atoms with van der Waals surface area (Å²) in [6.07, 6.45) is -5.43. The van der Waals surface area contributed by atoms with E-state index in [4.69, 9.17) is 19.4 Å². The maximum Gasteiger partial charge on any atom is 0.490 e. The largest absolute Gasteiger partial charge is 0.490 e. The maximum absolute atomic E-state index is 13.8. The van der Waals surface area contributed by atoms with Gasteiger partial charge in [0.05, 0.1) is 6.54 Å². The molecule has 1 unspecified atom stereocenters. The third-order valence-electron chi connectivity index (χ3n) is 7.53. The molecule has 0 saturated carbocycles. The van der Waals surface area contributed by atoms with E-state index in [2.05, 4.69) is 26.3 Å². The first-order valence-electron chi connectivity index (χ1n) is 17.3. The Morgan fingerprint density at radius 2 is 1.45 bits per heavy atom. The lowest BCUT2D eigenvalue weighted by molar-refractivity contribution is -0.192. The number of halogens is 3. The van der Waals surface area contributed by atoms with Gasteiger partial charge in [-0.2, -0.15) is 18.1 Å². The van der Waals surface area contributed by atoms with Gasteiger partial charge in [-0.1, -0.05) is 36.4 Å². The second kappa shape index (κ2) is 17.5. The van der Waals surface area contributed by atoms with Crippen LogP contribution in [0.4, 0.5) is 40.0 Å². The molecule has 17 heteroatoms. The fourth-order valence-electron chi connectivity index (χ4n) is 5.16. The van der Waals surface area contributed by atoms with Gasteiger partial charge in [-0.25, -0.2) is 19.4 Å². The number of nitrogens with zero attached hydrogens (tertiary/aromatic N) is 2. The molecule has 0 aliphatic carbocycles. The second-order valence-corrected chi connectivity index (χ2v) is 14.6. The highest BCUT2D eigenvalue weighted by Gasteiger charge is 2.38. The number of fused-ring (bicyclic) bond motifs is 10. The van der Waals surface area contributed by atoms with Crippen LogP contribution in [0.25, 0.3) is 10.8 Å². The number of nitrogens with one attached hydrogen (secondary N) is 4. The summed E-state index contributed by atoms with van der Waals surface area (Å²) >= 11 is 0. The van der Waals surface area contributed by atoms with Crippen molar-refractivity contribution in [3.8, 4) is 0 Å². The summed E-state index contributed by atoms with van der Waals surface area (Å²) in [4.78, 5) is 66.9. The summed E-state index contributed by atoms with van der Waals surface area (Å²) < 4.78 is 42.9. The predicted octanol–water partition coefficient (Wildman–Crippen LogP) is 7.06. The Kier molecular flexibility index (Phi) is 13.3. The number of aliphatic carboxylic acids is 1. The molecule has 5 N–H and O–H groups in total. The molecular weight excluding hydrogens is 737 g/mol. The second-order valence-electron chi connectivity index (χ2n) is 14.6. The molecule has 2 aliphatic heterocycles. The molecular formula is C39H43F3N6O8. The van der Waals surface area contributed by atoms with Crippen LogP contribution >= 0.6 is 0 Å². The first kappa shape index (κ1) is 42.5. The topological polar surface area (TPSA) is 188 Å². The number of pyridine rings is 1. The smallest absolute Gasteiger partial charge is 0.475 e. The molecule has 1 atom stereocenters. The highest BCUT2D eigenvalue weighted by Crippen LogP contribution is 2.31. The van der Waals surface area contributed by atoms with Crippen molar-refractivity contribution in [3.05, 3.63) is 95.7 Å². The van der Waals surface area contributed by atoms with Crippen LogP contribution in [0, 0.1) is 0 Å². The van der Waals surface area contributed by atoms with Crippen LogP contribution in [0.15, 0.2) is 79.0 Å². The van der Waals surface area contributed by atoms with Crippen molar-refractivity contribution >= 4 is 57.9 Å². The Morgan fingerprint density at radius 3 is 2.04 bits per heavy atom. The molecule has 14 nitrogen and oxygen atoms in total. The minimum atomic E-state index is -5.08. The van der Waals surface area contributed by atoms with Crippen molar-refractivity contribution in [2.75, 3.05) is 22.1 Å². The van der Waals surface area contributed by atoms with Crippen molar-refractivity contribution in [2.45, 2.75) is 78.1 Å². The first-order chi connectivity index (χ1) is 26.1. The standard InChI is InChI=1S/C37H42N6O6.C2HF3O2/c1-36(2,3)48-34(46)43(35(47)49-37(4,5)6)32-29-15-14-28(19-26(29)16-17-39-32)42-31-25-12-10-23(11-13-25)20-38-22-30(44)41-27-9-7-8-24(18-27)21-40-33(31)45;3-2(4,5)1(6)7/h7-19,31,38,42H,20-22H2,1-6H3,(H,40,45)(H,41,44);(H,6,7). The molecule has 4 aromatic rings. The molecule has 3 aromatic carbocycles. The molecule has 0 radical (unpaired) electrons. The molecule has 2 aliphatic rings. The van der Waals surface area contributed by atoms with E-state index in [0.29, 0.717) is 28.7 Å². The predicted molar refractivity (Wildman–Crippen MR) is 202 cm³/mol. The van der Waals surface area contributed by atoms with Gasteiger partial charge >= 0.3 is 24.3 Å². The van der Waals surface area contributed by atoms with Gasteiger partial charge in [0.1, 0.15) is 17.2 Å². The highest BCUT2D eigenvalue weighted by atomic mass is 19.4. The van der Waals surface area contributed by atoms with Gasteiger partial charge in [-0.05, 0) is 100 Å². The highest BCUT2D eigenvalue weighted by molar-refractivity contribution is 6.14. The molecule has 0 saturated heterocycles. The molecule has 56 heavy (non-hydrogen) atoms. The van der Waals surface area contributed by atoms with Crippen LogP contribution in [-0.4, -0.2) is 64.0 Å². The number of anilines is 3. The van der Waals surface area contributed by atoms with Crippen molar-refractivity contribution in [1.29, 1.82) is 0 Å². The first-order valence-corrected chi connectivity index (χ1v) is 17.3. The van der Waals surface area contributed by atoms with Crippen LogP contribution < -0.4 is 26.2 Å². The van der Waals surface area contributed by atoms with Crippen molar-refractivity contribution in [1.82, 2.24) is 15.6 Å². The third-order valence-corrected chi connectivity index (χ3v) is 7.53. The van der Waals surface area contributed by atoms with Gasteiger partial charge in [0.15, 0.2) is 5.82 Å². The van der Waals surface area contributed by atoms with E-state index < -0.39 is 41.6 Å². The van der Waals surface area contributed by atoms with Crippen LogP contribution in [0.3, 0.4) is 0 Å². The summed E-state index contributed by atoms with van der Waals surface area (Å²) in [5.41, 5.74) is 2.02. The van der Waals surface area contributed by atoms with E-state index in [9.17, 15) is 32.3 Å². The SMILES string of the molecule is CC(C)(C)OC(=O)N(C(=O)OC(C)(C)C)c1nccc2cc(NC3C(=O)NCc4cccc(c4)NC(=O)CNCc4ccc3cc4)ccc12.O=C(O)C(F)(F)F. The fourth-order valence-corrected chi connectivity index (χ4v) is 5.16. The van der Waals surface area contributed by atoms with Crippen molar-refractivity contribution < 1.29 is 51.7 Å². The van der Waals surface area contributed by atoms with Gasteiger partial charge in [0, 0.05) is 36.0 Å². The molecule has 3 heterocycles. The number of ether oxygens (including phenoxy) is 2. The normalized spacial score (nSPS) is 15.1. The number of hydrogen-bond acceptors (Lipinski definition) is 10. The molecule has 298 valence electrons. The molecule has 0 fully saturated rings. The van der Waals surface area contributed by atoms with Gasteiger partial charge in [0.25, 0.3) is 0 Å². The molecule has 0 spiro atoms. The van der Waals surface area contributed by atoms with Crippen LogP contribution in [0.1, 0.15) is 64.3 Å². The summed E-state index contributed by atoms with van der Waals surface area (Å²) in [6.45, 7) is 11.1. The average molecular weight is 781 g/mol. The number of imide groups is 1. The van der Waals surface area contributed by atoms with Crippen molar-refractivity contribution in [3.63, 3.8) is 0 Å². The van der Waals surface area contributed by atoms with E-state index in [1.54, 1.807) is 65.8 Å². The van der Waals surface area contributed by atoms with E-state index >= 15 is 0 Å². The number of carbonyl (C=O) groups excluding carboxylic acids is 4. The van der Waals surface area contributed by atoms with Crippen LogP contribution in [0.2, 0.25) is 0 Å². The van der Waals surface area contributed by atoms with E-state index in [-0.39, 0.29) is 30.7 Å².